The van der Waals surface area contributed by atoms with E-state index in [9.17, 15) is 18.0 Å². The number of sulfonamides is 1. The zero-order valence-electron chi connectivity index (χ0n) is 18.2. The summed E-state index contributed by atoms with van der Waals surface area (Å²) in [5.74, 6) is 0.253. The van der Waals surface area contributed by atoms with Crippen molar-refractivity contribution in [1.29, 1.82) is 0 Å². The lowest BCUT2D eigenvalue weighted by atomic mass is 9.85. The van der Waals surface area contributed by atoms with Crippen LogP contribution in [0.3, 0.4) is 0 Å². The predicted molar refractivity (Wildman–Crippen MR) is 115 cm³/mol. The largest absolute Gasteiger partial charge is 0.501 e. The van der Waals surface area contributed by atoms with Gasteiger partial charge in [-0.25, -0.2) is 17.9 Å². The van der Waals surface area contributed by atoms with Crippen molar-refractivity contribution in [3.63, 3.8) is 0 Å². The number of hydrogen-bond acceptors (Lipinski definition) is 6. The molecule has 9 nitrogen and oxygen atoms in total. The van der Waals surface area contributed by atoms with E-state index in [1.165, 1.54) is 6.08 Å². The first kappa shape index (κ1) is 21.3. The van der Waals surface area contributed by atoms with E-state index in [-0.39, 0.29) is 12.1 Å². The highest BCUT2D eigenvalue weighted by atomic mass is 32.2. The number of hydrogen-bond donors (Lipinski definition) is 1. The number of carbonyl (C=O) groups is 2. The summed E-state index contributed by atoms with van der Waals surface area (Å²) in [6.07, 6.45) is 9.42. The van der Waals surface area contributed by atoms with Crippen molar-refractivity contribution >= 4 is 27.7 Å². The lowest BCUT2D eigenvalue weighted by molar-refractivity contribution is -0.448. The maximum atomic E-state index is 13.3. The second-order valence-corrected chi connectivity index (χ2v) is 11.4. The fourth-order valence-electron chi connectivity index (χ4n) is 4.27. The maximum Gasteiger partial charge on any atom is 0.501 e. The Balaban J connectivity index is 1.51. The number of urea groups is 1. The second kappa shape index (κ2) is 7.48. The molecular weight excluding hydrogens is 432 g/mol. The number of aromatic nitrogens is 1. The molecule has 0 spiro atoms. The monoisotopic (exact) mass is 459 g/mol. The van der Waals surface area contributed by atoms with Gasteiger partial charge in [0.1, 0.15) is 16.5 Å². The molecule has 10 heteroatoms. The fraction of sp³-hybridized carbons (Fsp3) is 0.545. The molecular formula is C22H27N4O5S+. The van der Waals surface area contributed by atoms with Crippen LogP contribution in [0.2, 0.25) is 0 Å². The lowest BCUT2D eigenvalue weighted by Crippen LogP contribution is -2.53. The van der Waals surface area contributed by atoms with Gasteiger partial charge in [-0.2, -0.15) is 9.37 Å². The molecule has 32 heavy (non-hydrogen) atoms. The zero-order chi connectivity index (χ0) is 22.7. The minimum Gasteiger partial charge on any atom is -0.357 e. The minimum absolute atomic E-state index is 0.0538. The minimum atomic E-state index is -3.70. The summed E-state index contributed by atoms with van der Waals surface area (Å²) in [4.78, 5) is 27.8. The number of nitrogens with zero attached hydrogens (tertiary/aromatic N) is 3. The molecule has 1 aromatic heterocycles. The number of imide groups is 1. The number of nitrogens with one attached hydrogen (secondary N) is 1. The summed E-state index contributed by atoms with van der Waals surface area (Å²) in [5.41, 5.74) is 0.954. The summed E-state index contributed by atoms with van der Waals surface area (Å²) in [6.45, 7) is 4.08. The standard InChI is InChI=1S/C22H27N4O5S/c1-14-10-16(31-23-14)13-26-20(27)18-11-17(32(29,30)24-22(2)8-9-22)6-7-19(18)25(21(26)28)12-15-4-3-5-15/h6-7,10-11,15,17,24H,3-5,8-9,12-13H2,1-2H3/q+1. The van der Waals surface area contributed by atoms with E-state index >= 15 is 0 Å². The van der Waals surface area contributed by atoms with E-state index in [1.807, 2.05) is 6.92 Å². The van der Waals surface area contributed by atoms with Crippen LogP contribution in [0.15, 0.2) is 34.4 Å². The Morgan fingerprint density at radius 1 is 1.31 bits per heavy atom. The third kappa shape index (κ3) is 3.86. The molecule has 2 saturated carbocycles. The average molecular weight is 460 g/mol. The van der Waals surface area contributed by atoms with Gasteiger partial charge in [0.2, 0.25) is 10.0 Å². The van der Waals surface area contributed by atoms with E-state index in [0.29, 0.717) is 29.6 Å². The Kier molecular flexibility index (Phi) is 4.97. The zero-order valence-corrected chi connectivity index (χ0v) is 19.0. The molecule has 2 heterocycles. The van der Waals surface area contributed by atoms with Crippen molar-refractivity contribution in [2.45, 2.75) is 63.3 Å². The highest BCUT2D eigenvalue weighted by Crippen LogP contribution is 2.36. The Morgan fingerprint density at radius 3 is 2.66 bits per heavy atom. The first-order valence-corrected chi connectivity index (χ1v) is 12.6. The molecule has 3 amide bonds. The van der Waals surface area contributed by atoms with Gasteiger partial charge in [-0.15, -0.1) is 4.90 Å². The quantitative estimate of drug-likeness (QED) is 0.625. The topological polar surface area (TPSA) is 113 Å². The van der Waals surface area contributed by atoms with Gasteiger partial charge in [-0.1, -0.05) is 17.7 Å². The first-order valence-electron chi connectivity index (χ1n) is 11.0. The molecule has 0 saturated heterocycles. The first-order chi connectivity index (χ1) is 15.2. The summed E-state index contributed by atoms with van der Waals surface area (Å²) in [6, 6.07) is 1.26. The molecule has 1 N–H and O–H groups in total. The van der Waals surface area contributed by atoms with Crippen LogP contribution in [-0.4, -0.2) is 58.0 Å². The molecule has 1 unspecified atom stereocenters. The third-order valence-corrected chi connectivity index (χ3v) is 8.47. The van der Waals surface area contributed by atoms with Crippen LogP contribution in [0.5, 0.6) is 0 Å². The molecule has 3 aliphatic carbocycles. The highest BCUT2D eigenvalue weighted by molar-refractivity contribution is 7.90. The van der Waals surface area contributed by atoms with Gasteiger partial charge < -0.3 is 4.52 Å². The van der Waals surface area contributed by atoms with Crippen molar-refractivity contribution in [3.05, 3.63) is 41.3 Å². The van der Waals surface area contributed by atoms with Gasteiger partial charge >= 0.3 is 11.9 Å². The van der Waals surface area contributed by atoms with Gasteiger partial charge in [0.25, 0.3) is 0 Å². The van der Waals surface area contributed by atoms with E-state index in [4.69, 9.17) is 4.52 Å². The highest BCUT2D eigenvalue weighted by Gasteiger charge is 2.48. The summed E-state index contributed by atoms with van der Waals surface area (Å²) < 4.78 is 35.4. The Bertz CT molecular complexity index is 1180. The molecule has 170 valence electrons. The third-order valence-electron chi connectivity index (χ3n) is 6.68. The lowest BCUT2D eigenvalue weighted by Gasteiger charge is -2.30. The molecule has 2 fully saturated rings. The van der Waals surface area contributed by atoms with Crippen LogP contribution >= 0.6 is 0 Å². The number of aryl methyl sites for hydroxylation is 1. The molecule has 1 aliphatic heterocycles. The second-order valence-electron chi connectivity index (χ2n) is 9.51. The summed E-state index contributed by atoms with van der Waals surface area (Å²) in [7, 11) is -3.70. The Hall–Kier alpha value is -2.59. The number of fused-ring (bicyclic) bond motifs is 1. The van der Waals surface area contributed by atoms with Crippen molar-refractivity contribution in [3.8, 4) is 0 Å². The van der Waals surface area contributed by atoms with Crippen molar-refractivity contribution in [2.75, 3.05) is 6.54 Å². The van der Waals surface area contributed by atoms with Crippen LogP contribution < -0.4 is 4.72 Å². The van der Waals surface area contributed by atoms with Crippen molar-refractivity contribution < 1.29 is 27.1 Å². The van der Waals surface area contributed by atoms with Crippen molar-refractivity contribution in [2.24, 2.45) is 5.92 Å². The normalized spacial score (nSPS) is 25.0. The molecule has 0 bridgehead atoms. The molecule has 0 aromatic carbocycles. The smallest absolute Gasteiger partial charge is 0.357 e. The van der Waals surface area contributed by atoms with Gasteiger partial charge in [0, 0.05) is 11.6 Å². The predicted octanol–water partition coefficient (Wildman–Crippen LogP) is 2.04. The number of allylic oxidation sites excluding steroid dienone is 1. The van der Waals surface area contributed by atoms with E-state index in [2.05, 4.69) is 9.88 Å². The van der Waals surface area contributed by atoms with Crippen LogP contribution in [0, 0.1) is 12.8 Å². The van der Waals surface area contributed by atoms with E-state index in [1.54, 1.807) is 29.7 Å². The van der Waals surface area contributed by atoms with Gasteiger partial charge in [-0.05, 0) is 57.6 Å². The Morgan fingerprint density at radius 2 is 2.06 bits per heavy atom. The molecule has 0 radical (unpaired) electrons. The number of carbonyl (C=O) groups excluding carboxylic acids is 2. The molecule has 1 aromatic rings. The number of amides is 3. The maximum absolute atomic E-state index is 13.3. The van der Waals surface area contributed by atoms with E-state index < -0.39 is 32.8 Å². The van der Waals surface area contributed by atoms with E-state index in [0.717, 1.165) is 37.0 Å². The molecule has 4 aliphatic rings. The SMILES string of the molecule is Cc1cc(CN2C(=O)C3=CC(S(=O)(=O)NC4(C)CC4)C=CC3=[N+](CC3CCC3)C2=O)on1. The summed E-state index contributed by atoms with van der Waals surface area (Å²) in [5, 5.41) is 2.86. The summed E-state index contributed by atoms with van der Waals surface area (Å²) >= 11 is 0. The van der Waals surface area contributed by atoms with Crippen LogP contribution in [0.1, 0.15) is 50.5 Å². The number of rotatable bonds is 7. The Labute approximate surface area is 186 Å². The van der Waals surface area contributed by atoms with Gasteiger partial charge in [0.05, 0.1) is 12.2 Å². The van der Waals surface area contributed by atoms with Crippen molar-refractivity contribution in [1.82, 2.24) is 14.8 Å². The fourth-order valence-corrected chi connectivity index (χ4v) is 5.90. The van der Waals surface area contributed by atoms with Crippen LogP contribution in [-0.2, 0) is 21.4 Å². The average Bonchev–Trinajstić information content (AvgIpc) is 3.27. The molecule has 1 atom stereocenters. The van der Waals surface area contributed by atoms with Gasteiger partial charge in [0.15, 0.2) is 12.3 Å². The molecule has 5 rings (SSSR count). The van der Waals surface area contributed by atoms with Crippen LogP contribution in [0.25, 0.3) is 0 Å². The van der Waals surface area contributed by atoms with Crippen LogP contribution in [0.4, 0.5) is 4.79 Å². The van der Waals surface area contributed by atoms with Gasteiger partial charge in [-0.3, -0.25) is 0 Å².